The van der Waals surface area contributed by atoms with E-state index in [0.29, 0.717) is 6.79 Å². The minimum Gasteiger partial charge on any atom is -0.418 e. The van der Waals surface area contributed by atoms with Crippen LogP contribution in [-0.2, 0) is 13.3 Å². The minimum absolute atomic E-state index is 0.333. The van der Waals surface area contributed by atoms with Gasteiger partial charge in [0.05, 0.1) is 8.31 Å². The zero-order valence-electron chi connectivity index (χ0n) is 8.64. The Bertz CT molecular complexity index is 122. The Hall–Kier alpha value is 0.748. The largest absolute Gasteiger partial charge is 0.418 e. The fourth-order valence-electron chi connectivity index (χ4n) is 0.641. The molecule has 0 saturated carbocycles. The highest BCUT2D eigenvalue weighted by Crippen LogP contribution is 1.96. The second kappa shape index (κ2) is 8.09. The first-order valence-electron chi connectivity index (χ1n) is 4.08. The second-order valence-corrected chi connectivity index (χ2v) is 13.5. The minimum atomic E-state index is -0.770. The molecule has 0 aromatic heterocycles. The van der Waals surface area contributed by atoms with Gasteiger partial charge in [-0.15, -0.1) is 0 Å². The zero-order chi connectivity index (χ0) is 10.3. The maximum Gasteiger partial charge on any atom is 0.249 e. The molecular weight excluding hydrogens is 232 g/mol. The van der Waals surface area contributed by atoms with Gasteiger partial charge in [-0.3, -0.25) is 0 Å². The zero-order valence-corrected chi connectivity index (χ0v) is 12.6. The fraction of sp³-hybridized carbons (Fsp3) is 1.00. The lowest BCUT2D eigenvalue weighted by Gasteiger charge is -2.18. The lowest BCUT2D eigenvalue weighted by molar-refractivity contribution is 0.127. The molecule has 3 nitrogen and oxygen atoms in total. The Morgan fingerprint density at radius 1 is 1.08 bits per heavy atom. The normalized spacial score (nSPS) is 12.0. The molecule has 0 aliphatic carbocycles. The van der Waals surface area contributed by atoms with Crippen LogP contribution in [0.4, 0.5) is 0 Å². The molecule has 0 unspecified atom stereocenters. The summed E-state index contributed by atoms with van der Waals surface area (Å²) in [5.74, 6) is 0. The van der Waals surface area contributed by atoms with Gasteiger partial charge in [-0.25, -0.2) is 0 Å². The SMILES string of the molecule is C[Si](C)OC[Si](OCO[Si])[Si](C)C. The summed E-state index contributed by atoms with van der Waals surface area (Å²) in [5.41, 5.74) is 0. The van der Waals surface area contributed by atoms with E-state index in [4.69, 9.17) is 13.3 Å². The lowest BCUT2D eigenvalue weighted by atomic mass is 11.6. The van der Waals surface area contributed by atoms with Crippen LogP contribution in [0, 0.1) is 0 Å². The molecule has 0 bridgehead atoms. The summed E-state index contributed by atoms with van der Waals surface area (Å²) < 4.78 is 15.9. The summed E-state index contributed by atoms with van der Waals surface area (Å²) in [6.07, 6.45) is 0.808. The van der Waals surface area contributed by atoms with Crippen molar-refractivity contribution in [3.63, 3.8) is 0 Å². The van der Waals surface area contributed by atoms with Crippen LogP contribution in [0.25, 0.3) is 0 Å². The van der Waals surface area contributed by atoms with Crippen molar-refractivity contribution in [3.05, 3.63) is 0 Å². The van der Waals surface area contributed by atoms with Gasteiger partial charge in [0, 0.05) is 6.23 Å². The quantitative estimate of drug-likeness (QED) is 0.490. The van der Waals surface area contributed by atoms with E-state index in [0.717, 1.165) is 6.23 Å². The van der Waals surface area contributed by atoms with Crippen molar-refractivity contribution >= 4 is 36.4 Å². The summed E-state index contributed by atoms with van der Waals surface area (Å²) >= 11 is 0. The molecule has 0 aliphatic heterocycles. The molecule has 74 valence electrons. The number of rotatable bonds is 7. The first-order valence-corrected chi connectivity index (χ1v) is 12.0. The van der Waals surface area contributed by atoms with E-state index in [1.807, 2.05) is 0 Å². The Kier molecular flexibility index (Phi) is 8.55. The van der Waals surface area contributed by atoms with E-state index in [9.17, 15) is 0 Å². The third-order valence-electron chi connectivity index (χ3n) is 1.34. The number of hydrogen-bond donors (Lipinski definition) is 0. The highest BCUT2D eigenvalue weighted by atomic mass is 29.2. The van der Waals surface area contributed by atoms with E-state index >= 15 is 0 Å². The molecule has 0 fully saturated rings. The number of hydrogen-bond acceptors (Lipinski definition) is 3. The molecule has 0 N–H and O–H groups in total. The molecule has 0 aliphatic rings. The van der Waals surface area contributed by atoms with Crippen LogP contribution in [0.2, 0.25) is 26.2 Å². The highest BCUT2D eigenvalue weighted by Gasteiger charge is 2.20. The maximum absolute atomic E-state index is 5.64. The Labute approximate surface area is 89.2 Å². The van der Waals surface area contributed by atoms with Crippen molar-refractivity contribution in [2.75, 3.05) is 13.0 Å². The Morgan fingerprint density at radius 3 is 2.08 bits per heavy atom. The van der Waals surface area contributed by atoms with Crippen molar-refractivity contribution < 1.29 is 13.3 Å². The average molecular weight is 249 g/mol. The first kappa shape index (κ1) is 13.7. The van der Waals surface area contributed by atoms with Crippen molar-refractivity contribution in [1.29, 1.82) is 0 Å². The van der Waals surface area contributed by atoms with Gasteiger partial charge < -0.3 is 13.3 Å². The van der Waals surface area contributed by atoms with E-state index in [1.165, 1.54) is 0 Å². The van der Waals surface area contributed by atoms with E-state index in [2.05, 4.69) is 36.7 Å². The van der Waals surface area contributed by atoms with Crippen molar-refractivity contribution in [3.8, 4) is 0 Å². The summed E-state index contributed by atoms with van der Waals surface area (Å²) in [5, 5.41) is 0. The topological polar surface area (TPSA) is 27.7 Å². The summed E-state index contributed by atoms with van der Waals surface area (Å²) in [7, 11) is 1.20. The molecule has 0 aromatic carbocycles. The monoisotopic (exact) mass is 248 g/mol. The van der Waals surface area contributed by atoms with Crippen molar-refractivity contribution in [1.82, 2.24) is 0 Å². The standard InChI is InChI=1S/C6H16O3Si4/c1-11(2)9-6-13(12(3)4)8-5-7-10/h5-6H2,1-4H3. The molecule has 0 spiro atoms. The van der Waals surface area contributed by atoms with Crippen LogP contribution >= 0.6 is 0 Å². The molecule has 0 atom stereocenters. The summed E-state index contributed by atoms with van der Waals surface area (Å²) in [4.78, 5) is 0. The molecule has 6 radical (unpaired) electrons. The van der Waals surface area contributed by atoms with Gasteiger partial charge in [-0.05, 0) is 13.1 Å². The molecule has 0 amide bonds. The predicted molar refractivity (Wildman–Crippen MR) is 59.5 cm³/mol. The van der Waals surface area contributed by atoms with Crippen LogP contribution in [0.15, 0.2) is 0 Å². The van der Waals surface area contributed by atoms with E-state index in [-0.39, 0.29) is 8.31 Å². The third kappa shape index (κ3) is 7.79. The van der Waals surface area contributed by atoms with Crippen LogP contribution in [0.1, 0.15) is 0 Å². The van der Waals surface area contributed by atoms with Gasteiger partial charge in [0.15, 0.2) is 0 Å². The Morgan fingerprint density at radius 2 is 1.69 bits per heavy atom. The predicted octanol–water partition coefficient (Wildman–Crippen LogP) is 0.692. The molecule has 0 heterocycles. The average Bonchev–Trinajstić information content (AvgIpc) is 2.03. The second-order valence-electron chi connectivity index (χ2n) is 3.03. The van der Waals surface area contributed by atoms with Gasteiger partial charge in [0.2, 0.25) is 28.1 Å². The summed E-state index contributed by atoms with van der Waals surface area (Å²) in [6.45, 7) is 9.13. The van der Waals surface area contributed by atoms with Gasteiger partial charge in [0.1, 0.15) is 6.79 Å². The fourth-order valence-corrected chi connectivity index (χ4v) is 5.92. The van der Waals surface area contributed by atoms with Crippen molar-refractivity contribution in [2.45, 2.75) is 26.2 Å². The highest BCUT2D eigenvalue weighted by molar-refractivity contribution is 7.18. The van der Waals surface area contributed by atoms with E-state index < -0.39 is 17.6 Å². The van der Waals surface area contributed by atoms with Crippen LogP contribution < -0.4 is 0 Å². The van der Waals surface area contributed by atoms with E-state index in [1.54, 1.807) is 0 Å². The van der Waals surface area contributed by atoms with Crippen molar-refractivity contribution in [2.24, 2.45) is 0 Å². The summed E-state index contributed by atoms with van der Waals surface area (Å²) in [6, 6.07) is 0. The molecule has 0 rings (SSSR count). The van der Waals surface area contributed by atoms with Gasteiger partial charge in [-0.1, -0.05) is 13.1 Å². The van der Waals surface area contributed by atoms with Gasteiger partial charge >= 0.3 is 0 Å². The molecule has 0 saturated heterocycles. The molecule has 7 heteroatoms. The Balaban J connectivity index is 3.67. The lowest BCUT2D eigenvalue weighted by Crippen LogP contribution is -2.40. The van der Waals surface area contributed by atoms with Gasteiger partial charge in [-0.2, -0.15) is 0 Å². The molecule has 13 heavy (non-hydrogen) atoms. The smallest absolute Gasteiger partial charge is 0.249 e. The molecule has 0 aromatic rings. The van der Waals surface area contributed by atoms with Crippen LogP contribution in [0.5, 0.6) is 0 Å². The van der Waals surface area contributed by atoms with Crippen LogP contribution in [-0.4, -0.2) is 49.4 Å². The third-order valence-corrected chi connectivity index (χ3v) is 8.67. The van der Waals surface area contributed by atoms with Gasteiger partial charge in [0.25, 0.3) is 0 Å². The van der Waals surface area contributed by atoms with Crippen LogP contribution in [0.3, 0.4) is 0 Å². The first-order chi connectivity index (χ1) is 6.07. The molecular formula is C6H16O3Si4. The maximum atomic E-state index is 5.64.